The average molecular weight is 476 g/mol. The Morgan fingerprint density at radius 1 is 1.03 bits per heavy atom. The average Bonchev–Trinajstić information content (AvgIpc) is 2.90. The molecule has 7 heteroatoms. The molecule has 0 bridgehead atoms. The van der Waals surface area contributed by atoms with E-state index in [-0.39, 0.29) is 35.9 Å². The lowest BCUT2D eigenvalue weighted by Crippen LogP contribution is -2.47. The van der Waals surface area contributed by atoms with Crippen LogP contribution in [0.3, 0.4) is 0 Å². The van der Waals surface area contributed by atoms with E-state index in [9.17, 15) is 14.0 Å². The van der Waals surface area contributed by atoms with Gasteiger partial charge < -0.3 is 15.0 Å². The molecule has 3 aromatic rings. The van der Waals surface area contributed by atoms with Crippen LogP contribution >= 0.6 is 0 Å². The van der Waals surface area contributed by atoms with Crippen molar-refractivity contribution in [2.45, 2.75) is 50.7 Å². The number of methoxy groups -OCH3 is 1. The van der Waals surface area contributed by atoms with Crippen LogP contribution in [0.5, 0.6) is 5.75 Å². The van der Waals surface area contributed by atoms with E-state index in [0.717, 1.165) is 25.7 Å². The molecule has 1 N–H and O–H groups in total. The van der Waals surface area contributed by atoms with Gasteiger partial charge in [0, 0.05) is 18.8 Å². The molecular weight excluding hydrogens is 445 g/mol. The maximum atomic E-state index is 13.8. The van der Waals surface area contributed by atoms with E-state index < -0.39 is 6.04 Å². The fourth-order valence-electron chi connectivity index (χ4n) is 4.49. The molecule has 1 aliphatic rings. The topological polar surface area (TPSA) is 71.5 Å². The van der Waals surface area contributed by atoms with Crippen LogP contribution in [0, 0.1) is 5.82 Å². The molecular formula is C28H30FN3O3. The van der Waals surface area contributed by atoms with Gasteiger partial charge in [0.15, 0.2) is 0 Å². The monoisotopic (exact) mass is 475 g/mol. The van der Waals surface area contributed by atoms with Crippen LogP contribution in [-0.4, -0.2) is 34.8 Å². The van der Waals surface area contributed by atoms with Crippen LogP contribution in [-0.2, 0) is 11.3 Å². The van der Waals surface area contributed by atoms with E-state index in [1.807, 2.05) is 0 Å². The lowest BCUT2D eigenvalue weighted by Gasteiger charge is -2.33. The van der Waals surface area contributed by atoms with Crippen LogP contribution in [0.2, 0.25) is 0 Å². The fraction of sp³-hybridized carbons (Fsp3) is 0.321. The number of carbonyl (C=O) groups excluding carboxylic acids is 2. The second-order valence-electron chi connectivity index (χ2n) is 8.79. The van der Waals surface area contributed by atoms with Gasteiger partial charge in [0.1, 0.15) is 23.3 Å². The molecule has 0 saturated heterocycles. The van der Waals surface area contributed by atoms with Gasteiger partial charge in [0.25, 0.3) is 5.91 Å². The summed E-state index contributed by atoms with van der Waals surface area (Å²) in [5.41, 5.74) is 1.60. The minimum Gasteiger partial charge on any atom is -0.497 e. The predicted molar refractivity (Wildman–Crippen MR) is 131 cm³/mol. The number of hydrogen-bond donors (Lipinski definition) is 1. The summed E-state index contributed by atoms with van der Waals surface area (Å²) in [6.45, 7) is 0.116. The molecule has 182 valence electrons. The highest BCUT2D eigenvalue weighted by Crippen LogP contribution is 2.28. The Morgan fingerprint density at radius 2 is 1.74 bits per heavy atom. The van der Waals surface area contributed by atoms with Crippen LogP contribution in [0.15, 0.2) is 72.9 Å². The maximum absolute atomic E-state index is 13.8. The zero-order chi connectivity index (χ0) is 24.6. The molecule has 1 aliphatic carbocycles. The quantitative estimate of drug-likeness (QED) is 0.494. The molecule has 6 nitrogen and oxygen atoms in total. The maximum Gasteiger partial charge on any atom is 0.273 e. The van der Waals surface area contributed by atoms with Crippen LogP contribution in [0.1, 0.15) is 59.8 Å². The molecule has 1 saturated carbocycles. The Morgan fingerprint density at radius 3 is 2.37 bits per heavy atom. The van der Waals surface area contributed by atoms with E-state index in [2.05, 4.69) is 10.3 Å². The van der Waals surface area contributed by atoms with E-state index >= 15 is 0 Å². The van der Waals surface area contributed by atoms with Crippen molar-refractivity contribution in [1.82, 2.24) is 15.2 Å². The van der Waals surface area contributed by atoms with Crippen molar-refractivity contribution in [1.29, 1.82) is 0 Å². The molecule has 35 heavy (non-hydrogen) atoms. The number of hydrogen-bond acceptors (Lipinski definition) is 4. The summed E-state index contributed by atoms with van der Waals surface area (Å²) < 4.78 is 18.9. The summed E-state index contributed by atoms with van der Waals surface area (Å²) in [6, 6.07) is 17.4. The van der Waals surface area contributed by atoms with E-state index in [1.54, 1.807) is 67.9 Å². The number of pyridine rings is 1. The molecule has 0 radical (unpaired) electrons. The predicted octanol–water partition coefficient (Wildman–Crippen LogP) is 5.06. The Labute approximate surface area is 205 Å². The molecule has 1 atom stereocenters. The number of carbonyl (C=O) groups is 2. The first-order valence-electron chi connectivity index (χ1n) is 12.0. The summed E-state index contributed by atoms with van der Waals surface area (Å²) in [5, 5.41) is 3.18. The third-order valence-corrected chi connectivity index (χ3v) is 6.35. The van der Waals surface area contributed by atoms with Gasteiger partial charge in [0.05, 0.1) is 7.11 Å². The van der Waals surface area contributed by atoms with Crippen molar-refractivity contribution in [3.8, 4) is 5.75 Å². The number of amides is 2. The summed E-state index contributed by atoms with van der Waals surface area (Å²) in [4.78, 5) is 33.2. The molecule has 1 heterocycles. The lowest BCUT2D eigenvalue weighted by molar-refractivity contribution is -0.127. The molecule has 1 aromatic heterocycles. The van der Waals surface area contributed by atoms with E-state index in [4.69, 9.17) is 4.74 Å². The van der Waals surface area contributed by atoms with Crippen molar-refractivity contribution in [3.63, 3.8) is 0 Å². The minimum absolute atomic E-state index is 0.0784. The normalized spacial score (nSPS) is 14.7. The first-order chi connectivity index (χ1) is 17.0. The second kappa shape index (κ2) is 11.6. The standard InChI is InChI=1S/C28H30FN3O3/c1-35-24-16-12-21(13-17-24)26(27(33)31-23-7-3-2-4-8-23)32(19-20-10-14-22(29)15-11-20)28(34)25-9-5-6-18-30-25/h5-6,9-18,23,26H,2-4,7-8,19H2,1H3,(H,31,33)/t26-/m0/s1. The van der Waals surface area contributed by atoms with Gasteiger partial charge in [-0.2, -0.15) is 0 Å². The third-order valence-electron chi connectivity index (χ3n) is 6.35. The Balaban J connectivity index is 1.73. The SMILES string of the molecule is COc1ccc([C@@H](C(=O)NC2CCCCC2)N(Cc2ccc(F)cc2)C(=O)c2ccccn2)cc1. The molecule has 4 rings (SSSR count). The Hall–Kier alpha value is -3.74. The number of rotatable bonds is 8. The molecule has 2 amide bonds. The van der Waals surface area contributed by atoms with Gasteiger partial charge in [0.2, 0.25) is 5.91 Å². The van der Waals surface area contributed by atoms with E-state index in [1.165, 1.54) is 23.5 Å². The molecule has 0 unspecified atom stereocenters. The van der Waals surface area contributed by atoms with Crippen molar-refractivity contribution in [2.75, 3.05) is 7.11 Å². The van der Waals surface area contributed by atoms with Crippen molar-refractivity contribution in [2.24, 2.45) is 0 Å². The fourth-order valence-corrected chi connectivity index (χ4v) is 4.49. The minimum atomic E-state index is -0.901. The van der Waals surface area contributed by atoms with Crippen LogP contribution < -0.4 is 10.1 Å². The number of nitrogens with one attached hydrogen (secondary N) is 1. The Kier molecular flexibility index (Phi) is 8.08. The zero-order valence-corrected chi connectivity index (χ0v) is 19.8. The number of ether oxygens (including phenoxy) is 1. The number of aromatic nitrogens is 1. The zero-order valence-electron chi connectivity index (χ0n) is 19.8. The largest absolute Gasteiger partial charge is 0.497 e. The van der Waals surface area contributed by atoms with Gasteiger partial charge in [-0.1, -0.05) is 49.6 Å². The summed E-state index contributed by atoms with van der Waals surface area (Å²) in [7, 11) is 1.58. The second-order valence-corrected chi connectivity index (χ2v) is 8.79. The van der Waals surface area contributed by atoms with Crippen molar-refractivity contribution in [3.05, 3.63) is 95.6 Å². The van der Waals surface area contributed by atoms with Crippen LogP contribution in [0.4, 0.5) is 4.39 Å². The van der Waals surface area contributed by atoms with Gasteiger partial charge in [-0.05, 0) is 60.4 Å². The van der Waals surface area contributed by atoms with Gasteiger partial charge >= 0.3 is 0 Å². The third kappa shape index (κ3) is 6.23. The molecule has 0 spiro atoms. The first kappa shape index (κ1) is 24.4. The highest BCUT2D eigenvalue weighted by Gasteiger charge is 2.34. The van der Waals surface area contributed by atoms with Crippen LogP contribution in [0.25, 0.3) is 0 Å². The van der Waals surface area contributed by atoms with Crippen molar-refractivity contribution >= 4 is 11.8 Å². The molecule has 2 aromatic carbocycles. The molecule has 0 aliphatic heterocycles. The number of halogens is 1. The highest BCUT2D eigenvalue weighted by atomic mass is 19.1. The van der Waals surface area contributed by atoms with Gasteiger partial charge in [-0.3, -0.25) is 14.6 Å². The number of benzene rings is 2. The summed E-state index contributed by atoms with van der Waals surface area (Å²) in [6.07, 6.45) is 6.71. The van der Waals surface area contributed by atoms with Gasteiger partial charge in [-0.15, -0.1) is 0 Å². The Bertz CT molecular complexity index is 1110. The first-order valence-corrected chi connectivity index (χ1v) is 12.0. The van der Waals surface area contributed by atoms with Gasteiger partial charge in [-0.25, -0.2) is 4.39 Å². The number of nitrogens with zero attached hydrogens (tertiary/aromatic N) is 2. The summed E-state index contributed by atoms with van der Waals surface area (Å²) in [5.74, 6) is -0.331. The van der Waals surface area contributed by atoms with E-state index in [0.29, 0.717) is 16.9 Å². The van der Waals surface area contributed by atoms with Crippen molar-refractivity contribution < 1.29 is 18.7 Å². The highest BCUT2D eigenvalue weighted by molar-refractivity contribution is 5.96. The molecule has 1 fully saturated rings. The lowest BCUT2D eigenvalue weighted by atomic mass is 9.94. The smallest absolute Gasteiger partial charge is 0.273 e. The summed E-state index contributed by atoms with van der Waals surface area (Å²) >= 11 is 0.